The number of hydrogen-bond donors (Lipinski definition) is 1. The van der Waals surface area contributed by atoms with Crippen LogP contribution in [0.5, 0.6) is 5.75 Å². The zero-order valence-electron chi connectivity index (χ0n) is 15.0. The van der Waals surface area contributed by atoms with Crippen molar-refractivity contribution in [1.82, 2.24) is 0 Å². The number of halogens is 3. The van der Waals surface area contributed by atoms with Gasteiger partial charge in [0.05, 0.1) is 18.4 Å². The molecule has 142 valence electrons. The van der Waals surface area contributed by atoms with Crippen molar-refractivity contribution in [3.63, 3.8) is 0 Å². The van der Waals surface area contributed by atoms with Gasteiger partial charge in [-0.3, -0.25) is 9.79 Å². The van der Waals surface area contributed by atoms with Crippen LogP contribution in [0.15, 0.2) is 53.0 Å². The summed E-state index contributed by atoms with van der Waals surface area (Å²) in [5.41, 5.74) is 1.36. The van der Waals surface area contributed by atoms with E-state index in [4.69, 9.17) is 4.74 Å². The summed E-state index contributed by atoms with van der Waals surface area (Å²) in [6, 6.07) is 10.7. The molecule has 0 spiro atoms. The molecule has 27 heavy (non-hydrogen) atoms. The fourth-order valence-electron chi connectivity index (χ4n) is 2.23. The van der Waals surface area contributed by atoms with Crippen LogP contribution >= 0.6 is 0 Å². The number of ether oxygens (including phenoxy) is 1. The van der Waals surface area contributed by atoms with E-state index in [1.807, 2.05) is 13.8 Å². The minimum absolute atomic E-state index is 0.0370. The highest BCUT2D eigenvalue weighted by molar-refractivity contribution is 6.20. The van der Waals surface area contributed by atoms with Crippen LogP contribution in [-0.4, -0.2) is 30.4 Å². The molecule has 7 heteroatoms. The number of nitrogens with zero attached hydrogens (tertiary/aromatic N) is 1. The summed E-state index contributed by atoms with van der Waals surface area (Å²) in [5, 5.41) is 10.3. The maximum atomic E-state index is 13.0. The summed E-state index contributed by atoms with van der Waals surface area (Å²) < 4.78 is 43.8. The zero-order chi connectivity index (χ0) is 20.2. The molecule has 0 unspecified atom stereocenters. The fraction of sp³-hybridized carbons (Fsp3) is 0.200. The summed E-state index contributed by atoms with van der Waals surface area (Å²) >= 11 is 0. The van der Waals surface area contributed by atoms with Gasteiger partial charge in [0.2, 0.25) is 0 Å². The Morgan fingerprint density at radius 3 is 2.22 bits per heavy atom. The summed E-state index contributed by atoms with van der Waals surface area (Å²) in [7, 11) is 1.43. The van der Waals surface area contributed by atoms with Gasteiger partial charge in [0.1, 0.15) is 11.5 Å². The van der Waals surface area contributed by atoms with Gasteiger partial charge in [-0.2, -0.15) is 13.2 Å². The van der Waals surface area contributed by atoms with Gasteiger partial charge in [-0.05, 0) is 61.4 Å². The number of hydrogen-bond acceptors (Lipinski definition) is 4. The molecule has 2 rings (SSSR count). The van der Waals surface area contributed by atoms with Crippen LogP contribution in [0.4, 0.5) is 18.9 Å². The van der Waals surface area contributed by atoms with E-state index in [9.17, 15) is 23.1 Å². The second-order valence-electron chi connectivity index (χ2n) is 5.84. The van der Waals surface area contributed by atoms with Gasteiger partial charge >= 0.3 is 6.18 Å². The minimum atomic E-state index is -5.15. The Hall–Kier alpha value is -3.09. The Morgan fingerprint density at radius 1 is 1.07 bits per heavy atom. The number of ketones is 1. The van der Waals surface area contributed by atoms with Gasteiger partial charge < -0.3 is 9.84 Å². The first-order chi connectivity index (χ1) is 12.6. The number of methoxy groups -OCH3 is 1. The van der Waals surface area contributed by atoms with Crippen LogP contribution in [0, 0.1) is 13.8 Å². The summed E-state index contributed by atoms with van der Waals surface area (Å²) in [6.07, 6.45) is -4.41. The zero-order valence-corrected chi connectivity index (χ0v) is 15.0. The van der Waals surface area contributed by atoms with Crippen LogP contribution in [0.3, 0.4) is 0 Å². The predicted octanol–water partition coefficient (Wildman–Crippen LogP) is 5.12. The second-order valence-corrected chi connectivity index (χ2v) is 5.84. The van der Waals surface area contributed by atoms with Gasteiger partial charge in [-0.1, -0.05) is 6.07 Å². The van der Waals surface area contributed by atoms with E-state index in [1.54, 1.807) is 18.2 Å². The first-order valence-electron chi connectivity index (χ1n) is 7.94. The Labute approximate surface area is 154 Å². The Bertz CT molecular complexity index is 898. The first kappa shape index (κ1) is 20.2. The maximum Gasteiger partial charge on any atom is 0.455 e. The normalized spacial score (nSPS) is 12.8. The van der Waals surface area contributed by atoms with Crippen molar-refractivity contribution < 1.29 is 27.8 Å². The first-order valence-corrected chi connectivity index (χ1v) is 7.94. The van der Waals surface area contributed by atoms with E-state index in [1.165, 1.54) is 31.4 Å². The van der Waals surface area contributed by atoms with Crippen LogP contribution in [0.25, 0.3) is 5.76 Å². The van der Waals surface area contributed by atoms with Crippen LogP contribution in [-0.2, 0) is 4.79 Å². The van der Waals surface area contributed by atoms with Crippen molar-refractivity contribution in [1.29, 1.82) is 0 Å². The monoisotopic (exact) mass is 377 g/mol. The highest BCUT2D eigenvalue weighted by Gasteiger charge is 2.41. The van der Waals surface area contributed by atoms with Gasteiger partial charge in [0, 0.05) is 11.8 Å². The van der Waals surface area contributed by atoms with Crippen LogP contribution < -0.4 is 4.74 Å². The fourth-order valence-corrected chi connectivity index (χ4v) is 2.23. The lowest BCUT2D eigenvalue weighted by Crippen LogP contribution is -2.26. The average Bonchev–Trinajstić information content (AvgIpc) is 2.63. The van der Waals surface area contributed by atoms with E-state index in [0.717, 1.165) is 17.3 Å². The lowest BCUT2D eigenvalue weighted by Gasteiger charge is -2.10. The third kappa shape index (κ3) is 4.97. The third-order valence-corrected chi connectivity index (χ3v) is 3.95. The van der Waals surface area contributed by atoms with Gasteiger partial charge in [-0.25, -0.2) is 0 Å². The second kappa shape index (κ2) is 8.07. The molecule has 2 aromatic carbocycles. The number of Topliss-reactive ketones (excluding diaryl/α,β-unsaturated/α-hetero) is 1. The number of aliphatic hydroxyl groups is 1. The Kier molecular flexibility index (Phi) is 6.05. The molecule has 0 bridgehead atoms. The number of aliphatic hydroxyl groups excluding tert-OH is 1. The van der Waals surface area contributed by atoms with Crippen molar-refractivity contribution in [2.45, 2.75) is 20.0 Å². The van der Waals surface area contributed by atoms with Crippen LogP contribution in [0.2, 0.25) is 0 Å². The van der Waals surface area contributed by atoms with Gasteiger partial charge in [0.25, 0.3) is 5.78 Å². The molecule has 0 aliphatic carbocycles. The van der Waals surface area contributed by atoms with Crippen molar-refractivity contribution in [3.8, 4) is 5.75 Å². The number of aliphatic imine (C=N–C) groups is 1. The lowest BCUT2D eigenvalue weighted by molar-refractivity contribution is -0.165. The average molecular weight is 377 g/mol. The number of allylic oxidation sites excluding steroid dienone is 1. The van der Waals surface area contributed by atoms with Crippen molar-refractivity contribution in [2.24, 2.45) is 4.99 Å². The molecule has 1 N–H and O–H groups in total. The highest BCUT2D eigenvalue weighted by Crippen LogP contribution is 2.26. The molecule has 0 saturated heterocycles. The summed E-state index contributed by atoms with van der Waals surface area (Å²) in [4.78, 5) is 15.7. The molecule has 4 nitrogen and oxygen atoms in total. The molecule has 0 atom stereocenters. The maximum absolute atomic E-state index is 13.0. The molecule has 0 fully saturated rings. The molecule has 0 amide bonds. The number of rotatable bonds is 5. The molecule has 0 radical (unpaired) electrons. The highest BCUT2D eigenvalue weighted by atomic mass is 19.4. The number of benzene rings is 2. The lowest BCUT2D eigenvalue weighted by atomic mass is 10.0. The molecule has 2 aromatic rings. The molecular formula is C20H18F3NO3. The third-order valence-electron chi connectivity index (χ3n) is 3.95. The van der Waals surface area contributed by atoms with E-state index >= 15 is 0 Å². The van der Waals surface area contributed by atoms with Crippen LogP contribution in [0.1, 0.15) is 16.7 Å². The quantitative estimate of drug-likeness (QED) is 0.447. The molecule has 0 saturated carbocycles. The van der Waals surface area contributed by atoms with E-state index in [0.29, 0.717) is 11.4 Å². The van der Waals surface area contributed by atoms with Crippen molar-refractivity contribution >= 4 is 23.4 Å². The number of carbonyl (C=O) groups is 1. The Balaban J connectivity index is 2.51. The van der Waals surface area contributed by atoms with Crippen molar-refractivity contribution in [2.75, 3.05) is 7.11 Å². The van der Waals surface area contributed by atoms with Crippen molar-refractivity contribution in [3.05, 3.63) is 64.7 Å². The van der Waals surface area contributed by atoms with E-state index in [2.05, 4.69) is 4.99 Å². The number of aryl methyl sites for hydroxylation is 2. The SMILES string of the molecule is COc1ccc(/C(O)=C(\C=Nc2ccc(C)c(C)c2)C(=O)C(F)(F)F)cc1. The molecule has 0 aliphatic rings. The molecular weight excluding hydrogens is 359 g/mol. The number of carbonyl (C=O) groups excluding carboxylic acids is 1. The molecule has 0 heterocycles. The minimum Gasteiger partial charge on any atom is -0.506 e. The summed E-state index contributed by atoms with van der Waals surface area (Å²) in [6.45, 7) is 3.72. The summed E-state index contributed by atoms with van der Waals surface area (Å²) in [5.74, 6) is -2.53. The van der Waals surface area contributed by atoms with Gasteiger partial charge in [-0.15, -0.1) is 0 Å². The molecule has 0 aromatic heterocycles. The standard InChI is InChI=1S/C20H18F3NO3/c1-12-4-7-15(10-13(12)2)24-11-17(19(26)20(21,22)23)18(25)14-5-8-16(27-3)9-6-14/h4-11,25H,1-3H3/b18-17-,24-11?. The van der Waals surface area contributed by atoms with Gasteiger partial charge in [0.15, 0.2) is 0 Å². The largest absolute Gasteiger partial charge is 0.506 e. The Morgan fingerprint density at radius 2 is 1.70 bits per heavy atom. The van der Waals surface area contributed by atoms with E-state index < -0.39 is 23.3 Å². The smallest absolute Gasteiger partial charge is 0.455 e. The van der Waals surface area contributed by atoms with E-state index in [-0.39, 0.29) is 5.56 Å². The number of alkyl halides is 3. The topological polar surface area (TPSA) is 58.9 Å². The predicted molar refractivity (Wildman–Crippen MR) is 97.7 cm³/mol. The molecule has 0 aliphatic heterocycles.